The highest BCUT2D eigenvalue weighted by molar-refractivity contribution is 7.21. The Morgan fingerprint density at radius 2 is 1.94 bits per heavy atom. The zero-order valence-corrected chi connectivity index (χ0v) is 17.9. The molecule has 2 N–H and O–H groups in total. The molecule has 31 heavy (non-hydrogen) atoms. The second-order valence-electron chi connectivity index (χ2n) is 7.60. The molecule has 0 bridgehead atoms. The van der Waals surface area contributed by atoms with Crippen LogP contribution in [0.5, 0.6) is 5.75 Å². The Kier molecular flexibility index (Phi) is 5.26. The number of fused-ring (bicyclic) bond motifs is 2. The van der Waals surface area contributed by atoms with Crippen molar-refractivity contribution >= 4 is 32.5 Å². The van der Waals surface area contributed by atoms with Gasteiger partial charge < -0.3 is 14.4 Å². The van der Waals surface area contributed by atoms with E-state index in [0.717, 1.165) is 16.2 Å². The molecule has 0 saturated heterocycles. The van der Waals surface area contributed by atoms with E-state index in [4.69, 9.17) is 4.42 Å². The van der Waals surface area contributed by atoms with Crippen molar-refractivity contribution < 1.29 is 27.6 Å². The summed E-state index contributed by atoms with van der Waals surface area (Å²) in [6, 6.07) is 8.31. The van der Waals surface area contributed by atoms with Crippen LogP contribution in [0.3, 0.4) is 0 Å². The van der Waals surface area contributed by atoms with Crippen molar-refractivity contribution in [1.82, 2.24) is 4.98 Å². The first-order valence-electron chi connectivity index (χ1n) is 9.68. The number of quaternary nitrogens is 1. The fourth-order valence-electron chi connectivity index (χ4n) is 3.61. The maximum absolute atomic E-state index is 14.0. The Morgan fingerprint density at radius 1 is 1.23 bits per heavy atom. The van der Waals surface area contributed by atoms with E-state index < -0.39 is 22.9 Å². The lowest BCUT2D eigenvalue weighted by Gasteiger charge is -2.16. The fourth-order valence-corrected chi connectivity index (χ4v) is 4.61. The minimum atomic E-state index is -4.91. The van der Waals surface area contributed by atoms with Gasteiger partial charge in [-0.1, -0.05) is 19.1 Å². The number of aromatic hydroxyl groups is 1. The van der Waals surface area contributed by atoms with Crippen molar-refractivity contribution in [2.75, 3.05) is 14.1 Å². The zero-order valence-electron chi connectivity index (χ0n) is 17.1. The molecule has 0 amide bonds. The second-order valence-corrected chi connectivity index (χ2v) is 8.63. The van der Waals surface area contributed by atoms with E-state index in [2.05, 4.69) is 4.98 Å². The van der Waals surface area contributed by atoms with Crippen LogP contribution in [0.25, 0.3) is 31.8 Å². The standard InChI is InChI=1S/C22H19F3N2O3S/c1-4-11-9-12-18(29)16(21-26-14-7-5-6-8-15(14)31-21)20(22(23,24)25)30-19(12)13(17(11)28)10-27(2)3/h5-9,28H,4,10H2,1-3H3/p+1. The molecule has 2 aromatic heterocycles. The molecule has 5 nitrogen and oxygen atoms in total. The number of phenolic OH excluding ortho intramolecular Hbond substituents is 1. The molecule has 0 radical (unpaired) electrons. The lowest BCUT2D eigenvalue weighted by Crippen LogP contribution is -3.04. The van der Waals surface area contributed by atoms with Crippen LogP contribution < -0.4 is 10.3 Å². The number of hydrogen-bond acceptors (Lipinski definition) is 5. The van der Waals surface area contributed by atoms with E-state index in [1.54, 1.807) is 45.3 Å². The van der Waals surface area contributed by atoms with Crippen molar-refractivity contribution in [3.8, 4) is 16.3 Å². The van der Waals surface area contributed by atoms with Gasteiger partial charge in [-0.15, -0.1) is 11.3 Å². The highest BCUT2D eigenvalue weighted by Gasteiger charge is 2.41. The van der Waals surface area contributed by atoms with Gasteiger partial charge in [-0.25, -0.2) is 4.98 Å². The topological polar surface area (TPSA) is 67.8 Å². The number of thiazole rings is 1. The monoisotopic (exact) mass is 449 g/mol. The normalized spacial score (nSPS) is 12.4. The molecule has 0 aliphatic rings. The van der Waals surface area contributed by atoms with E-state index in [1.165, 1.54) is 6.07 Å². The number of aryl methyl sites for hydroxylation is 1. The molecule has 162 valence electrons. The van der Waals surface area contributed by atoms with Crippen LogP contribution in [-0.4, -0.2) is 24.2 Å². The summed E-state index contributed by atoms with van der Waals surface area (Å²) in [5, 5.41) is 10.6. The summed E-state index contributed by atoms with van der Waals surface area (Å²) in [4.78, 5) is 18.5. The number of alkyl halides is 3. The third-order valence-electron chi connectivity index (χ3n) is 5.01. The van der Waals surface area contributed by atoms with Crippen LogP contribution in [-0.2, 0) is 19.1 Å². The molecular weight excluding hydrogens is 429 g/mol. The summed E-state index contributed by atoms with van der Waals surface area (Å²) >= 11 is 1.01. The maximum atomic E-state index is 14.0. The quantitative estimate of drug-likeness (QED) is 0.494. The first-order chi connectivity index (χ1) is 14.6. The van der Waals surface area contributed by atoms with Crippen LogP contribution in [0.2, 0.25) is 0 Å². The summed E-state index contributed by atoms with van der Waals surface area (Å²) in [6.07, 6.45) is -4.50. The SMILES string of the molecule is CCc1cc2c(=O)c(-c3nc4ccccc4s3)c(C(F)(F)F)oc2c(C[NH+](C)C)c1O. The zero-order chi connectivity index (χ0) is 22.5. The molecule has 0 saturated carbocycles. The van der Waals surface area contributed by atoms with Gasteiger partial charge in [-0.3, -0.25) is 4.79 Å². The van der Waals surface area contributed by atoms with E-state index in [-0.39, 0.29) is 33.8 Å². The molecule has 0 aliphatic heterocycles. The van der Waals surface area contributed by atoms with Crippen LogP contribution in [0.1, 0.15) is 23.8 Å². The number of aromatic nitrogens is 1. The summed E-state index contributed by atoms with van der Waals surface area (Å²) in [7, 11) is 3.59. The summed E-state index contributed by atoms with van der Waals surface area (Å²) in [5.41, 5.74) is -0.474. The smallest absolute Gasteiger partial charge is 0.450 e. The first kappa shape index (κ1) is 21.3. The Labute approximate surface area is 179 Å². The number of nitrogens with zero attached hydrogens (tertiary/aromatic N) is 1. The minimum absolute atomic E-state index is 0.00755. The van der Waals surface area contributed by atoms with Crippen molar-refractivity contribution in [2.45, 2.75) is 26.1 Å². The molecule has 0 aliphatic carbocycles. The minimum Gasteiger partial charge on any atom is -0.507 e. The number of nitrogens with one attached hydrogen (secondary N) is 1. The third-order valence-corrected chi connectivity index (χ3v) is 6.06. The molecule has 0 fully saturated rings. The van der Waals surface area contributed by atoms with Gasteiger partial charge >= 0.3 is 6.18 Å². The molecule has 9 heteroatoms. The number of hydrogen-bond donors (Lipinski definition) is 2. The molecule has 0 atom stereocenters. The van der Waals surface area contributed by atoms with Crippen molar-refractivity contribution in [3.63, 3.8) is 0 Å². The number of phenols is 1. The van der Waals surface area contributed by atoms with Gasteiger partial charge in [0, 0.05) is 0 Å². The molecular formula is C22H20F3N2O3S+. The van der Waals surface area contributed by atoms with Crippen LogP contribution in [0.4, 0.5) is 13.2 Å². The van der Waals surface area contributed by atoms with Gasteiger partial charge in [-0.05, 0) is 30.2 Å². The predicted octanol–water partition coefficient (Wildman–Crippen LogP) is 4.00. The summed E-state index contributed by atoms with van der Waals surface area (Å²) in [6.45, 7) is 1.99. The maximum Gasteiger partial charge on any atom is 0.450 e. The number of halogens is 3. The highest BCUT2D eigenvalue weighted by Crippen LogP contribution is 2.41. The average molecular weight is 449 g/mol. The predicted molar refractivity (Wildman–Crippen MR) is 114 cm³/mol. The van der Waals surface area contributed by atoms with Crippen LogP contribution in [0, 0.1) is 0 Å². The van der Waals surface area contributed by atoms with E-state index >= 15 is 0 Å². The van der Waals surface area contributed by atoms with Gasteiger partial charge in [0.25, 0.3) is 0 Å². The lowest BCUT2D eigenvalue weighted by atomic mass is 10.00. The molecule has 4 aromatic rings. The Morgan fingerprint density at radius 3 is 2.55 bits per heavy atom. The Balaban J connectivity index is 2.14. The van der Waals surface area contributed by atoms with Crippen LogP contribution in [0.15, 0.2) is 39.5 Å². The van der Waals surface area contributed by atoms with E-state index in [0.29, 0.717) is 22.2 Å². The van der Waals surface area contributed by atoms with Crippen molar-refractivity contribution in [1.29, 1.82) is 0 Å². The molecule has 0 spiro atoms. The van der Waals surface area contributed by atoms with Gasteiger partial charge in [-0.2, -0.15) is 13.2 Å². The van der Waals surface area contributed by atoms with Crippen molar-refractivity contribution in [2.24, 2.45) is 0 Å². The number of benzene rings is 2. The summed E-state index contributed by atoms with van der Waals surface area (Å²) < 4.78 is 48.1. The van der Waals surface area contributed by atoms with E-state index in [1.807, 2.05) is 0 Å². The van der Waals surface area contributed by atoms with E-state index in [9.17, 15) is 23.1 Å². The van der Waals surface area contributed by atoms with Crippen LogP contribution >= 0.6 is 11.3 Å². The second kappa shape index (κ2) is 7.65. The fraction of sp³-hybridized carbons (Fsp3) is 0.273. The highest BCUT2D eigenvalue weighted by atomic mass is 32.1. The summed E-state index contributed by atoms with van der Waals surface area (Å²) in [5.74, 6) is -1.54. The van der Waals surface area contributed by atoms with Gasteiger partial charge in [0.1, 0.15) is 22.9 Å². The van der Waals surface area contributed by atoms with Gasteiger partial charge in [0.05, 0.1) is 35.3 Å². The lowest BCUT2D eigenvalue weighted by molar-refractivity contribution is -0.872. The Bertz CT molecular complexity index is 1320. The van der Waals surface area contributed by atoms with Gasteiger partial charge in [0.15, 0.2) is 5.58 Å². The number of para-hydroxylation sites is 1. The Hall–Kier alpha value is -2.91. The van der Waals surface area contributed by atoms with Gasteiger partial charge in [0.2, 0.25) is 11.2 Å². The average Bonchev–Trinajstić information content (AvgIpc) is 3.12. The third kappa shape index (κ3) is 3.68. The molecule has 2 heterocycles. The van der Waals surface area contributed by atoms with Crippen molar-refractivity contribution in [3.05, 3.63) is 57.4 Å². The number of rotatable bonds is 4. The largest absolute Gasteiger partial charge is 0.507 e. The first-order valence-corrected chi connectivity index (χ1v) is 10.5. The molecule has 4 rings (SSSR count). The molecule has 0 unspecified atom stereocenters. The molecule has 2 aromatic carbocycles.